The first kappa shape index (κ1) is 18.8. The van der Waals surface area contributed by atoms with Gasteiger partial charge < -0.3 is 9.30 Å². The van der Waals surface area contributed by atoms with Crippen LogP contribution in [0.2, 0.25) is 0 Å². The van der Waals surface area contributed by atoms with E-state index in [4.69, 9.17) is 4.74 Å². The quantitative estimate of drug-likeness (QED) is 0.533. The standard InChI is InChI=1S/C21H21FN6O/c1-4-9-29-18-11-15(22)5-6-16(18)21-20(24-12-28(21)3)17-10-14(7-8-23-17)19-13(2)25-27-26-19/h5-8,10-12H,4,9H2,1-3H3,(H,25,26,27). The summed E-state index contributed by atoms with van der Waals surface area (Å²) in [4.78, 5) is 9.07. The first-order valence-electron chi connectivity index (χ1n) is 9.37. The van der Waals surface area contributed by atoms with E-state index in [1.807, 2.05) is 37.6 Å². The lowest BCUT2D eigenvalue weighted by atomic mass is 10.0. The van der Waals surface area contributed by atoms with Crippen molar-refractivity contribution in [1.82, 2.24) is 29.9 Å². The molecule has 8 heteroatoms. The van der Waals surface area contributed by atoms with Gasteiger partial charge in [0.05, 0.1) is 30.0 Å². The molecule has 7 nitrogen and oxygen atoms in total. The van der Waals surface area contributed by atoms with Crippen LogP contribution in [-0.4, -0.2) is 36.6 Å². The van der Waals surface area contributed by atoms with Gasteiger partial charge in [-0.2, -0.15) is 0 Å². The number of halogens is 1. The van der Waals surface area contributed by atoms with E-state index in [0.717, 1.165) is 34.6 Å². The van der Waals surface area contributed by atoms with E-state index >= 15 is 0 Å². The predicted molar refractivity (Wildman–Crippen MR) is 108 cm³/mol. The predicted octanol–water partition coefficient (Wildman–Crippen LogP) is 4.17. The zero-order valence-electron chi connectivity index (χ0n) is 16.5. The lowest BCUT2D eigenvalue weighted by Crippen LogP contribution is -2.00. The van der Waals surface area contributed by atoms with Crippen LogP contribution < -0.4 is 4.74 Å². The number of aromatic nitrogens is 6. The number of pyridine rings is 1. The normalized spacial score (nSPS) is 11.0. The van der Waals surface area contributed by atoms with Gasteiger partial charge >= 0.3 is 0 Å². The summed E-state index contributed by atoms with van der Waals surface area (Å²) < 4.78 is 21.6. The topological polar surface area (TPSA) is 81.5 Å². The average molecular weight is 392 g/mol. The molecule has 3 heterocycles. The van der Waals surface area contributed by atoms with Gasteiger partial charge in [0.1, 0.15) is 23.0 Å². The molecule has 0 atom stereocenters. The molecule has 0 radical (unpaired) electrons. The summed E-state index contributed by atoms with van der Waals surface area (Å²) in [5.74, 6) is 0.144. The summed E-state index contributed by atoms with van der Waals surface area (Å²) in [6, 6.07) is 8.35. The zero-order valence-corrected chi connectivity index (χ0v) is 16.5. The fourth-order valence-corrected chi connectivity index (χ4v) is 3.22. The number of nitrogens with zero attached hydrogens (tertiary/aromatic N) is 5. The van der Waals surface area contributed by atoms with Crippen LogP contribution >= 0.6 is 0 Å². The number of aryl methyl sites for hydroxylation is 2. The number of nitrogens with one attached hydrogen (secondary N) is 1. The molecule has 0 aliphatic rings. The smallest absolute Gasteiger partial charge is 0.131 e. The average Bonchev–Trinajstić information content (AvgIpc) is 3.32. The molecule has 1 N–H and O–H groups in total. The molecule has 0 aliphatic heterocycles. The van der Waals surface area contributed by atoms with E-state index in [0.29, 0.717) is 23.7 Å². The van der Waals surface area contributed by atoms with Crippen molar-refractivity contribution in [1.29, 1.82) is 0 Å². The lowest BCUT2D eigenvalue weighted by molar-refractivity contribution is 0.317. The van der Waals surface area contributed by atoms with Crippen LogP contribution in [-0.2, 0) is 7.05 Å². The molecule has 4 aromatic rings. The molecule has 148 valence electrons. The highest BCUT2D eigenvalue weighted by Gasteiger charge is 2.19. The number of hydrogen-bond donors (Lipinski definition) is 1. The van der Waals surface area contributed by atoms with Gasteiger partial charge in [0.2, 0.25) is 0 Å². The first-order valence-corrected chi connectivity index (χ1v) is 9.37. The second kappa shape index (κ2) is 7.83. The van der Waals surface area contributed by atoms with E-state index in [1.165, 1.54) is 12.1 Å². The van der Waals surface area contributed by atoms with Crippen LogP contribution in [0.5, 0.6) is 5.75 Å². The van der Waals surface area contributed by atoms with E-state index in [2.05, 4.69) is 25.4 Å². The van der Waals surface area contributed by atoms with Crippen molar-refractivity contribution in [2.24, 2.45) is 7.05 Å². The van der Waals surface area contributed by atoms with Gasteiger partial charge in [0.15, 0.2) is 0 Å². The first-order chi connectivity index (χ1) is 14.1. The second-order valence-electron chi connectivity index (χ2n) is 6.76. The van der Waals surface area contributed by atoms with Crippen molar-refractivity contribution in [3.05, 3.63) is 54.4 Å². The van der Waals surface area contributed by atoms with E-state index in [1.54, 1.807) is 18.6 Å². The molecule has 0 spiro atoms. The van der Waals surface area contributed by atoms with Crippen LogP contribution in [0.4, 0.5) is 4.39 Å². The highest BCUT2D eigenvalue weighted by Crippen LogP contribution is 2.37. The third-order valence-electron chi connectivity index (χ3n) is 4.60. The number of aromatic amines is 1. The Morgan fingerprint density at radius 3 is 2.76 bits per heavy atom. The van der Waals surface area contributed by atoms with Gasteiger partial charge in [-0.3, -0.25) is 10.1 Å². The SMILES string of the molecule is CCCOc1cc(F)ccc1-c1c(-c2cc(-c3nn[nH]c3C)ccn2)ncn1C. The Balaban J connectivity index is 1.83. The highest BCUT2D eigenvalue weighted by molar-refractivity contribution is 5.81. The highest BCUT2D eigenvalue weighted by atomic mass is 19.1. The van der Waals surface area contributed by atoms with Crippen LogP contribution in [0.3, 0.4) is 0 Å². The Morgan fingerprint density at radius 1 is 1.14 bits per heavy atom. The molecule has 0 fully saturated rings. The van der Waals surface area contributed by atoms with Crippen molar-refractivity contribution in [3.8, 4) is 39.7 Å². The number of ether oxygens (including phenoxy) is 1. The molecular weight excluding hydrogens is 371 g/mol. The van der Waals surface area contributed by atoms with Crippen LogP contribution in [0, 0.1) is 12.7 Å². The molecule has 0 unspecified atom stereocenters. The largest absolute Gasteiger partial charge is 0.493 e. The monoisotopic (exact) mass is 392 g/mol. The molecule has 0 aliphatic carbocycles. The number of H-pyrrole nitrogens is 1. The number of rotatable bonds is 6. The minimum atomic E-state index is -0.342. The molecule has 3 aromatic heterocycles. The van der Waals surface area contributed by atoms with Crippen molar-refractivity contribution in [2.45, 2.75) is 20.3 Å². The summed E-state index contributed by atoms with van der Waals surface area (Å²) in [6.45, 7) is 4.43. The van der Waals surface area contributed by atoms with Crippen molar-refractivity contribution in [3.63, 3.8) is 0 Å². The summed E-state index contributed by atoms with van der Waals surface area (Å²) >= 11 is 0. The Bertz CT molecular complexity index is 1150. The van der Waals surface area contributed by atoms with E-state index in [-0.39, 0.29) is 5.82 Å². The van der Waals surface area contributed by atoms with Gasteiger partial charge in [-0.25, -0.2) is 9.37 Å². The molecule has 0 saturated carbocycles. The maximum atomic E-state index is 13.9. The van der Waals surface area contributed by atoms with Gasteiger partial charge in [-0.15, -0.1) is 5.10 Å². The minimum Gasteiger partial charge on any atom is -0.493 e. The molecule has 0 amide bonds. The summed E-state index contributed by atoms with van der Waals surface area (Å²) in [7, 11) is 1.89. The molecule has 0 saturated heterocycles. The Kier molecular flexibility index (Phi) is 5.07. The summed E-state index contributed by atoms with van der Waals surface area (Å²) in [5, 5.41) is 10.8. The molecule has 4 rings (SSSR count). The van der Waals surface area contributed by atoms with Gasteiger partial charge in [-0.05, 0) is 37.6 Å². The maximum absolute atomic E-state index is 13.9. The lowest BCUT2D eigenvalue weighted by Gasteiger charge is -2.13. The Hall–Kier alpha value is -3.55. The van der Waals surface area contributed by atoms with Gasteiger partial charge in [-0.1, -0.05) is 12.1 Å². The maximum Gasteiger partial charge on any atom is 0.131 e. The molecule has 0 bridgehead atoms. The van der Waals surface area contributed by atoms with Gasteiger partial charge in [0.25, 0.3) is 0 Å². The van der Waals surface area contributed by atoms with Crippen molar-refractivity contribution in [2.75, 3.05) is 6.61 Å². The molecule has 29 heavy (non-hydrogen) atoms. The zero-order chi connectivity index (χ0) is 20.4. The second-order valence-corrected chi connectivity index (χ2v) is 6.76. The van der Waals surface area contributed by atoms with Crippen LogP contribution in [0.25, 0.3) is 33.9 Å². The fourth-order valence-electron chi connectivity index (χ4n) is 3.22. The van der Waals surface area contributed by atoms with Gasteiger partial charge in [0, 0.05) is 30.4 Å². The summed E-state index contributed by atoms with van der Waals surface area (Å²) in [6.07, 6.45) is 4.26. The number of imidazole rings is 1. The van der Waals surface area contributed by atoms with Crippen molar-refractivity contribution >= 4 is 0 Å². The third-order valence-corrected chi connectivity index (χ3v) is 4.60. The summed E-state index contributed by atoms with van der Waals surface area (Å²) in [5.41, 5.74) is 5.46. The third kappa shape index (κ3) is 3.61. The van der Waals surface area contributed by atoms with Crippen LogP contribution in [0.15, 0.2) is 42.9 Å². The minimum absolute atomic E-state index is 0.342. The fraction of sp³-hybridized carbons (Fsp3) is 0.238. The Labute approximate surface area is 167 Å². The van der Waals surface area contributed by atoms with Crippen molar-refractivity contribution < 1.29 is 9.13 Å². The van der Waals surface area contributed by atoms with E-state index < -0.39 is 0 Å². The molecular formula is C21H21FN6O. The molecule has 1 aromatic carbocycles. The van der Waals surface area contributed by atoms with Crippen LogP contribution in [0.1, 0.15) is 19.0 Å². The van der Waals surface area contributed by atoms with E-state index in [9.17, 15) is 4.39 Å². The number of hydrogen-bond acceptors (Lipinski definition) is 5. The Morgan fingerprint density at radius 2 is 2.00 bits per heavy atom. The number of benzene rings is 1.